The number of rotatable bonds is 3. The second kappa shape index (κ2) is 7.01. The van der Waals surface area contributed by atoms with E-state index in [1.54, 1.807) is 18.5 Å². The van der Waals surface area contributed by atoms with Crippen LogP contribution < -0.4 is 9.80 Å². The molecule has 2 aliphatic rings. The Balaban J connectivity index is 1.42. The summed E-state index contributed by atoms with van der Waals surface area (Å²) in [6, 6.07) is 6.99. The highest BCUT2D eigenvalue weighted by atomic mass is 32.1. The maximum atomic E-state index is 11.4. The first-order valence-corrected chi connectivity index (χ1v) is 10.5. The lowest BCUT2D eigenvalue weighted by molar-refractivity contribution is -0.384. The zero-order chi connectivity index (χ0) is 19.1. The molecule has 0 amide bonds. The van der Waals surface area contributed by atoms with Gasteiger partial charge in [-0.3, -0.25) is 10.1 Å². The van der Waals surface area contributed by atoms with Gasteiger partial charge in [0.05, 0.1) is 10.3 Å². The summed E-state index contributed by atoms with van der Waals surface area (Å²) in [5.74, 6) is 1.03. The SMILES string of the molecule is O=[N+]([O-])c1ccccc1N1CCN(c2ncnc3sc4c(c23)CCCC4)CC1. The molecule has 0 saturated carbocycles. The van der Waals surface area contributed by atoms with Gasteiger partial charge in [-0.15, -0.1) is 11.3 Å². The average molecular weight is 395 g/mol. The van der Waals surface area contributed by atoms with E-state index in [9.17, 15) is 10.1 Å². The van der Waals surface area contributed by atoms with Crippen LogP contribution in [0, 0.1) is 10.1 Å². The van der Waals surface area contributed by atoms with Crippen LogP contribution in [-0.2, 0) is 12.8 Å². The van der Waals surface area contributed by atoms with E-state index in [0.717, 1.165) is 49.7 Å². The first-order valence-electron chi connectivity index (χ1n) is 9.71. The van der Waals surface area contributed by atoms with Crippen molar-refractivity contribution in [2.45, 2.75) is 25.7 Å². The molecule has 0 spiro atoms. The van der Waals surface area contributed by atoms with Crippen molar-refractivity contribution in [2.75, 3.05) is 36.0 Å². The van der Waals surface area contributed by atoms with Gasteiger partial charge in [-0.2, -0.15) is 0 Å². The highest BCUT2D eigenvalue weighted by Gasteiger charge is 2.27. The number of aryl methyl sites for hydroxylation is 2. The van der Waals surface area contributed by atoms with Gasteiger partial charge in [0.25, 0.3) is 5.69 Å². The van der Waals surface area contributed by atoms with E-state index in [2.05, 4.69) is 19.8 Å². The Kier molecular flexibility index (Phi) is 4.35. The van der Waals surface area contributed by atoms with Crippen LogP contribution in [0.1, 0.15) is 23.3 Å². The number of benzene rings is 1. The number of hydrogen-bond acceptors (Lipinski definition) is 7. The van der Waals surface area contributed by atoms with Gasteiger partial charge in [-0.25, -0.2) is 9.97 Å². The second-order valence-corrected chi connectivity index (χ2v) is 8.39. The summed E-state index contributed by atoms with van der Waals surface area (Å²) < 4.78 is 0. The molecule has 1 aliphatic carbocycles. The third kappa shape index (κ3) is 2.88. The number of nitro benzene ring substituents is 1. The fourth-order valence-electron chi connectivity index (χ4n) is 4.36. The van der Waals surface area contributed by atoms with Crippen molar-refractivity contribution >= 4 is 38.7 Å². The van der Waals surface area contributed by atoms with Crippen LogP contribution in [0.2, 0.25) is 0 Å². The second-order valence-electron chi connectivity index (χ2n) is 7.31. The molecule has 1 aromatic carbocycles. The Morgan fingerprint density at radius 1 is 1.00 bits per heavy atom. The van der Waals surface area contributed by atoms with E-state index >= 15 is 0 Å². The molecule has 2 aromatic heterocycles. The van der Waals surface area contributed by atoms with Gasteiger partial charge < -0.3 is 9.80 Å². The number of hydrogen-bond donors (Lipinski definition) is 0. The number of fused-ring (bicyclic) bond motifs is 3. The average Bonchev–Trinajstić information content (AvgIpc) is 3.13. The van der Waals surface area contributed by atoms with Crippen molar-refractivity contribution in [3.05, 3.63) is 51.1 Å². The third-order valence-corrected chi connectivity index (χ3v) is 6.93. The molecular formula is C20H21N5O2S. The molecule has 3 heterocycles. The van der Waals surface area contributed by atoms with Crippen molar-refractivity contribution in [3.63, 3.8) is 0 Å². The predicted octanol–water partition coefficient (Wildman–Crippen LogP) is 3.80. The van der Waals surface area contributed by atoms with Gasteiger partial charge in [0.15, 0.2) is 0 Å². The zero-order valence-corrected chi connectivity index (χ0v) is 16.3. The van der Waals surface area contributed by atoms with Crippen LogP contribution in [0.5, 0.6) is 0 Å². The van der Waals surface area contributed by atoms with E-state index in [4.69, 9.17) is 0 Å². The van der Waals surface area contributed by atoms with Crippen LogP contribution in [0.4, 0.5) is 17.2 Å². The first-order chi connectivity index (χ1) is 13.7. The van der Waals surface area contributed by atoms with Gasteiger partial charge >= 0.3 is 0 Å². The number of piperazine rings is 1. The Morgan fingerprint density at radius 2 is 1.75 bits per heavy atom. The smallest absolute Gasteiger partial charge is 0.292 e. The molecule has 0 atom stereocenters. The Morgan fingerprint density at radius 3 is 2.57 bits per heavy atom. The molecule has 1 aliphatic heterocycles. The third-order valence-electron chi connectivity index (χ3n) is 5.73. The van der Waals surface area contributed by atoms with E-state index in [-0.39, 0.29) is 10.6 Å². The van der Waals surface area contributed by atoms with E-state index in [1.165, 1.54) is 28.7 Å². The van der Waals surface area contributed by atoms with Gasteiger partial charge in [0.1, 0.15) is 22.7 Å². The topological polar surface area (TPSA) is 75.4 Å². The molecule has 1 fully saturated rings. The first kappa shape index (κ1) is 17.4. The fourth-order valence-corrected chi connectivity index (χ4v) is 5.58. The maximum Gasteiger partial charge on any atom is 0.292 e. The minimum atomic E-state index is -0.298. The number of aromatic nitrogens is 2. The molecule has 0 N–H and O–H groups in total. The monoisotopic (exact) mass is 395 g/mol. The summed E-state index contributed by atoms with van der Waals surface area (Å²) in [6.45, 7) is 3.07. The van der Waals surface area contributed by atoms with Gasteiger partial charge in [0, 0.05) is 37.1 Å². The number of nitrogens with zero attached hydrogens (tertiary/aromatic N) is 5. The standard InChI is InChI=1S/C20H21N5O2S/c26-25(27)16-7-3-2-6-15(16)23-9-11-24(12-10-23)19-18-14-5-1-4-8-17(14)28-20(18)22-13-21-19/h2-3,6-7,13H,1,4-5,8-12H2. The lowest BCUT2D eigenvalue weighted by Crippen LogP contribution is -2.47. The van der Waals surface area contributed by atoms with Gasteiger partial charge in [-0.1, -0.05) is 12.1 Å². The molecule has 7 nitrogen and oxygen atoms in total. The molecule has 0 radical (unpaired) electrons. The van der Waals surface area contributed by atoms with Crippen molar-refractivity contribution in [1.82, 2.24) is 9.97 Å². The van der Waals surface area contributed by atoms with Gasteiger partial charge in [-0.05, 0) is 37.3 Å². The summed E-state index contributed by atoms with van der Waals surface area (Å²) in [6.07, 6.45) is 6.44. The maximum absolute atomic E-state index is 11.4. The van der Waals surface area contributed by atoms with Crippen LogP contribution in [-0.4, -0.2) is 41.1 Å². The summed E-state index contributed by atoms with van der Waals surface area (Å²) >= 11 is 1.82. The molecule has 5 rings (SSSR count). The van der Waals surface area contributed by atoms with Crippen LogP contribution in [0.15, 0.2) is 30.6 Å². The van der Waals surface area contributed by atoms with Crippen LogP contribution in [0.3, 0.4) is 0 Å². The molecule has 28 heavy (non-hydrogen) atoms. The lowest BCUT2D eigenvalue weighted by atomic mass is 9.97. The van der Waals surface area contributed by atoms with Crippen LogP contribution >= 0.6 is 11.3 Å². The number of para-hydroxylation sites is 2. The Bertz CT molecular complexity index is 1040. The predicted molar refractivity (Wildman–Crippen MR) is 112 cm³/mol. The lowest BCUT2D eigenvalue weighted by Gasteiger charge is -2.36. The normalized spacial score (nSPS) is 17.0. The minimum Gasteiger partial charge on any atom is -0.362 e. The van der Waals surface area contributed by atoms with Crippen molar-refractivity contribution in [1.29, 1.82) is 0 Å². The Labute approximate surface area is 166 Å². The molecule has 1 saturated heterocycles. The Hall–Kier alpha value is -2.74. The fraction of sp³-hybridized carbons (Fsp3) is 0.400. The zero-order valence-electron chi connectivity index (χ0n) is 15.5. The minimum absolute atomic E-state index is 0.173. The molecule has 8 heteroatoms. The van der Waals surface area contributed by atoms with E-state index < -0.39 is 0 Å². The highest BCUT2D eigenvalue weighted by molar-refractivity contribution is 7.19. The number of thiophene rings is 1. The molecule has 144 valence electrons. The summed E-state index contributed by atoms with van der Waals surface area (Å²) in [5.41, 5.74) is 2.32. The molecule has 3 aromatic rings. The number of nitro groups is 1. The molecule has 0 bridgehead atoms. The van der Waals surface area contributed by atoms with E-state index in [0.29, 0.717) is 5.69 Å². The summed E-state index contributed by atoms with van der Waals surface area (Å²) in [5, 5.41) is 12.6. The highest BCUT2D eigenvalue weighted by Crippen LogP contribution is 2.39. The van der Waals surface area contributed by atoms with Gasteiger partial charge in [0.2, 0.25) is 0 Å². The van der Waals surface area contributed by atoms with Crippen molar-refractivity contribution < 1.29 is 4.92 Å². The number of anilines is 2. The summed E-state index contributed by atoms with van der Waals surface area (Å²) in [7, 11) is 0. The summed E-state index contributed by atoms with van der Waals surface area (Å²) in [4.78, 5) is 27.2. The molecule has 0 unspecified atom stereocenters. The quantitative estimate of drug-likeness (QED) is 0.496. The van der Waals surface area contributed by atoms with Crippen LogP contribution in [0.25, 0.3) is 10.2 Å². The van der Waals surface area contributed by atoms with Crippen molar-refractivity contribution in [3.8, 4) is 0 Å². The largest absolute Gasteiger partial charge is 0.362 e. The molecular weight excluding hydrogens is 374 g/mol. The van der Waals surface area contributed by atoms with E-state index in [1.807, 2.05) is 23.5 Å². The van der Waals surface area contributed by atoms with Crippen molar-refractivity contribution in [2.24, 2.45) is 0 Å².